The first-order valence-electron chi connectivity index (χ1n) is 7.01. The van der Waals surface area contributed by atoms with Crippen LogP contribution in [0, 0.1) is 6.92 Å². The van der Waals surface area contributed by atoms with Crippen LogP contribution in [0.3, 0.4) is 0 Å². The van der Waals surface area contributed by atoms with Crippen LogP contribution in [0.25, 0.3) is 0 Å². The Bertz CT molecular complexity index is 773. The van der Waals surface area contributed by atoms with Gasteiger partial charge in [-0.15, -0.1) is 0 Å². The van der Waals surface area contributed by atoms with Crippen LogP contribution >= 0.6 is 0 Å². The number of nitrogens with zero attached hydrogens (tertiary/aromatic N) is 1. The van der Waals surface area contributed by atoms with Crippen LogP contribution in [0.5, 0.6) is 0 Å². The van der Waals surface area contributed by atoms with Crippen molar-refractivity contribution in [2.24, 2.45) is 0 Å². The van der Waals surface area contributed by atoms with E-state index in [4.69, 9.17) is 13.9 Å². The number of rotatable bonds is 5. The van der Waals surface area contributed by atoms with E-state index < -0.39 is 17.5 Å². The van der Waals surface area contributed by atoms with Gasteiger partial charge in [-0.1, -0.05) is 0 Å². The van der Waals surface area contributed by atoms with Crippen molar-refractivity contribution in [1.29, 1.82) is 0 Å². The number of hydrogen-bond donors (Lipinski definition) is 0. The van der Waals surface area contributed by atoms with Crippen molar-refractivity contribution in [3.8, 4) is 0 Å². The van der Waals surface area contributed by atoms with Gasteiger partial charge in [0.05, 0.1) is 32.1 Å². The Morgan fingerprint density at radius 3 is 2.57 bits per heavy atom. The van der Waals surface area contributed by atoms with E-state index in [2.05, 4.69) is 0 Å². The average Bonchev–Trinajstić information content (AvgIpc) is 3.04. The van der Waals surface area contributed by atoms with Crippen molar-refractivity contribution in [1.82, 2.24) is 4.57 Å². The molecule has 0 radical (unpaired) electrons. The number of carbonyl (C=O) groups is 2. The van der Waals surface area contributed by atoms with Crippen LogP contribution < -0.4 is 5.56 Å². The molecule has 0 saturated heterocycles. The molecule has 0 atom stereocenters. The summed E-state index contributed by atoms with van der Waals surface area (Å²) in [4.78, 5) is 36.5. The molecular formula is C16H17NO6. The van der Waals surface area contributed by atoms with Crippen molar-refractivity contribution in [2.45, 2.75) is 20.4 Å². The standard InChI is InChI=1S/C16H17NO6/c1-4-22-16(20)13-8-12(15(19)21-3)10(2)17(14(13)18)9-11-6-5-7-23-11/h5-8H,4,9H2,1-3H3. The molecule has 2 aromatic rings. The summed E-state index contributed by atoms with van der Waals surface area (Å²) in [6, 6.07) is 4.59. The van der Waals surface area contributed by atoms with Crippen LogP contribution in [0.2, 0.25) is 0 Å². The number of carbonyl (C=O) groups excluding carboxylic acids is 2. The molecule has 0 spiro atoms. The van der Waals surface area contributed by atoms with Crippen molar-refractivity contribution >= 4 is 11.9 Å². The van der Waals surface area contributed by atoms with Crippen LogP contribution in [-0.2, 0) is 16.0 Å². The largest absolute Gasteiger partial charge is 0.467 e. The molecule has 0 saturated carbocycles. The maximum atomic E-state index is 12.6. The van der Waals surface area contributed by atoms with Crippen LogP contribution in [0.15, 0.2) is 33.7 Å². The molecule has 2 aromatic heterocycles. The summed E-state index contributed by atoms with van der Waals surface area (Å²) in [5, 5.41) is 0. The molecule has 0 fully saturated rings. The molecule has 7 heteroatoms. The molecule has 0 amide bonds. The zero-order chi connectivity index (χ0) is 17.0. The summed E-state index contributed by atoms with van der Waals surface area (Å²) in [5.41, 5.74) is -0.262. The molecular weight excluding hydrogens is 302 g/mol. The Labute approximate surface area is 132 Å². The van der Waals surface area contributed by atoms with Crippen molar-refractivity contribution < 1.29 is 23.5 Å². The first-order chi connectivity index (χ1) is 11.0. The lowest BCUT2D eigenvalue weighted by Gasteiger charge is -2.14. The molecule has 0 N–H and O–H groups in total. The number of esters is 2. The first kappa shape index (κ1) is 16.5. The third kappa shape index (κ3) is 3.33. The van der Waals surface area contributed by atoms with Gasteiger partial charge in [0, 0.05) is 5.69 Å². The highest BCUT2D eigenvalue weighted by Gasteiger charge is 2.22. The lowest BCUT2D eigenvalue weighted by atomic mass is 10.1. The SMILES string of the molecule is CCOC(=O)c1cc(C(=O)OC)c(C)n(Cc2ccco2)c1=O. The van der Waals surface area contributed by atoms with E-state index in [9.17, 15) is 14.4 Å². The third-order valence-electron chi connectivity index (χ3n) is 3.35. The second-order valence-electron chi connectivity index (χ2n) is 4.74. The Hall–Kier alpha value is -2.83. The minimum atomic E-state index is -0.782. The fourth-order valence-corrected chi connectivity index (χ4v) is 2.17. The highest BCUT2D eigenvalue weighted by Crippen LogP contribution is 2.13. The van der Waals surface area contributed by atoms with Crippen LogP contribution in [0.4, 0.5) is 0 Å². The molecule has 2 rings (SSSR count). The Balaban J connectivity index is 2.62. The van der Waals surface area contributed by atoms with E-state index in [0.29, 0.717) is 11.5 Å². The van der Waals surface area contributed by atoms with E-state index >= 15 is 0 Å². The average molecular weight is 319 g/mol. The minimum absolute atomic E-state index is 0.0922. The Morgan fingerprint density at radius 2 is 2.00 bits per heavy atom. The maximum absolute atomic E-state index is 12.6. The molecule has 23 heavy (non-hydrogen) atoms. The zero-order valence-electron chi connectivity index (χ0n) is 13.1. The fourth-order valence-electron chi connectivity index (χ4n) is 2.17. The summed E-state index contributed by atoms with van der Waals surface area (Å²) < 4.78 is 16.1. The van der Waals surface area contributed by atoms with Gasteiger partial charge < -0.3 is 18.5 Å². The monoisotopic (exact) mass is 319 g/mol. The number of aromatic nitrogens is 1. The van der Waals surface area contributed by atoms with Gasteiger partial charge in [0.15, 0.2) is 0 Å². The van der Waals surface area contributed by atoms with E-state index in [1.807, 2.05) is 0 Å². The number of furan rings is 1. The quantitative estimate of drug-likeness (QED) is 0.780. The second-order valence-corrected chi connectivity index (χ2v) is 4.74. The molecule has 0 aliphatic carbocycles. The number of pyridine rings is 1. The summed E-state index contributed by atoms with van der Waals surface area (Å²) in [7, 11) is 1.23. The highest BCUT2D eigenvalue weighted by molar-refractivity contribution is 5.95. The molecule has 0 aliphatic heterocycles. The van der Waals surface area contributed by atoms with Crippen molar-refractivity contribution in [3.63, 3.8) is 0 Å². The van der Waals surface area contributed by atoms with Gasteiger partial charge in [0.2, 0.25) is 0 Å². The number of methoxy groups -OCH3 is 1. The summed E-state index contributed by atoms with van der Waals surface area (Å²) in [5.74, 6) is -0.899. The fraction of sp³-hybridized carbons (Fsp3) is 0.312. The minimum Gasteiger partial charge on any atom is -0.467 e. The van der Waals surface area contributed by atoms with Gasteiger partial charge in [-0.2, -0.15) is 0 Å². The Morgan fingerprint density at radius 1 is 1.26 bits per heavy atom. The van der Waals surface area contributed by atoms with E-state index in [-0.39, 0.29) is 24.3 Å². The van der Waals surface area contributed by atoms with E-state index in [1.54, 1.807) is 26.0 Å². The van der Waals surface area contributed by atoms with Crippen molar-refractivity contribution in [2.75, 3.05) is 13.7 Å². The van der Waals surface area contributed by atoms with E-state index in [1.165, 1.54) is 24.0 Å². The summed E-state index contributed by atoms with van der Waals surface area (Å²) in [6.07, 6.45) is 1.48. The lowest BCUT2D eigenvalue weighted by molar-refractivity contribution is 0.0523. The van der Waals surface area contributed by atoms with Gasteiger partial charge in [-0.05, 0) is 32.0 Å². The van der Waals surface area contributed by atoms with Gasteiger partial charge in [-0.3, -0.25) is 4.79 Å². The van der Waals surface area contributed by atoms with Gasteiger partial charge in [0.1, 0.15) is 11.3 Å². The first-order valence-corrected chi connectivity index (χ1v) is 7.01. The smallest absolute Gasteiger partial charge is 0.343 e. The molecule has 7 nitrogen and oxygen atoms in total. The summed E-state index contributed by atoms with van der Waals surface area (Å²) >= 11 is 0. The molecule has 122 valence electrons. The zero-order valence-corrected chi connectivity index (χ0v) is 13.1. The van der Waals surface area contributed by atoms with Gasteiger partial charge >= 0.3 is 11.9 Å². The third-order valence-corrected chi connectivity index (χ3v) is 3.35. The predicted octanol–water partition coefficient (Wildman–Crippen LogP) is 1.76. The number of hydrogen-bond acceptors (Lipinski definition) is 6. The van der Waals surface area contributed by atoms with Gasteiger partial charge in [-0.25, -0.2) is 9.59 Å². The summed E-state index contributed by atoms with van der Waals surface area (Å²) in [6.45, 7) is 3.45. The highest BCUT2D eigenvalue weighted by atomic mass is 16.5. The predicted molar refractivity (Wildman–Crippen MR) is 80.5 cm³/mol. The molecule has 0 bridgehead atoms. The molecule has 0 unspecified atom stereocenters. The second kappa shape index (κ2) is 6.95. The topological polar surface area (TPSA) is 87.7 Å². The van der Waals surface area contributed by atoms with Crippen molar-refractivity contribution in [3.05, 3.63) is 57.4 Å². The van der Waals surface area contributed by atoms with Crippen LogP contribution in [0.1, 0.15) is 39.1 Å². The normalized spacial score (nSPS) is 10.4. The van der Waals surface area contributed by atoms with Gasteiger partial charge in [0.25, 0.3) is 5.56 Å². The molecule has 2 heterocycles. The molecule has 0 aliphatic rings. The Kier molecular flexibility index (Phi) is 5.00. The maximum Gasteiger partial charge on any atom is 0.343 e. The number of ether oxygens (including phenoxy) is 2. The molecule has 0 aromatic carbocycles. The van der Waals surface area contributed by atoms with E-state index in [0.717, 1.165) is 0 Å². The van der Waals surface area contributed by atoms with Crippen LogP contribution in [-0.4, -0.2) is 30.2 Å². The lowest BCUT2D eigenvalue weighted by Crippen LogP contribution is -2.31.